The first-order valence-corrected chi connectivity index (χ1v) is 8.75. The molecule has 0 spiro atoms. The zero-order valence-corrected chi connectivity index (χ0v) is 15.4. The molecule has 1 fully saturated rings. The minimum Gasteiger partial charge on any atom is -0.326 e. The summed E-state index contributed by atoms with van der Waals surface area (Å²) in [5, 5.41) is 6.29. The average molecular weight is 377 g/mol. The maximum absolute atomic E-state index is 12.3. The Bertz CT molecular complexity index is 851. The van der Waals surface area contributed by atoms with E-state index in [4.69, 9.17) is 23.2 Å². The van der Waals surface area contributed by atoms with E-state index in [0.29, 0.717) is 22.2 Å². The molecule has 1 saturated carbocycles. The molecule has 2 N–H and O–H groups in total. The van der Waals surface area contributed by atoms with E-state index in [1.807, 2.05) is 32.0 Å². The molecule has 25 heavy (non-hydrogen) atoms. The molecule has 0 aliphatic heterocycles. The topological polar surface area (TPSA) is 58.2 Å². The van der Waals surface area contributed by atoms with Crippen molar-refractivity contribution in [2.75, 3.05) is 10.6 Å². The summed E-state index contributed by atoms with van der Waals surface area (Å²) in [6, 6.07) is 10.8. The highest BCUT2D eigenvalue weighted by molar-refractivity contribution is 6.44. The second-order valence-electron chi connectivity index (χ2n) is 6.33. The molecular weight excluding hydrogens is 359 g/mol. The van der Waals surface area contributed by atoms with Crippen molar-refractivity contribution in [1.82, 2.24) is 0 Å². The summed E-state index contributed by atoms with van der Waals surface area (Å²) in [5.41, 5.74) is 3.48. The van der Waals surface area contributed by atoms with Gasteiger partial charge in [0, 0.05) is 5.69 Å². The van der Waals surface area contributed by atoms with Crippen molar-refractivity contribution < 1.29 is 9.59 Å². The SMILES string of the molecule is Cc1ccc(NC(=O)C2CC2C(=O)Nc2cccc(Cl)c2Cl)cc1C. The van der Waals surface area contributed by atoms with E-state index >= 15 is 0 Å². The van der Waals surface area contributed by atoms with Crippen LogP contribution >= 0.6 is 23.2 Å². The van der Waals surface area contributed by atoms with Crippen LogP contribution in [0.4, 0.5) is 11.4 Å². The fourth-order valence-corrected chi connectivity index (χ4v) is 3.00. The molecule has 2 unspecified atom stereocenters. The summed E-state index contributed by atoms with van der Waals surface area (Å²) in [7, 11) is 0. The molecule has 6 heteroatoms. The zero-order chi connectivity index (χ0) is 18.1. The fraction of sp³-hybridized carbons (Fsp3) is 0.263. The summed E-state index contributed by atoms with van der Waals surface area (Å²) in [6.07, 6.45) is 0.528. The minimum atomic E-state index is -0.346. The lowest BCUT2D eigenvalue weighted by Crippen LogP contribution is -2.20. The van der Waals surface area contributed by atoms with Crippen molar-refractivity contribution >= 4 is 46.4 Å². The number of rotatable bonds is 4. The van der Waals surface area contributed by atoms with Gasteiger partial charge in [-0.3, -0.25) is 9.59 Å². The van der Waals surface area contributed by atoms with E-state index in [-0.39, 0.29) is 23.7 Å². The van der Waals surface area contributed by atoms with Crippen molar-refractivity contribution in [1.29, 1.82) is 0 Å². The Morgan fingerprint density at radius 2 is 1.64 bits per heavy atom. The Balaban J connectivity index is 1.59. The van der Waals surface area contributed by atoms with Gasteiger partial charge in [0.1, 0.15) is 0 Å². The Hall–Kier alpha value is -2.04. The van der Waals surface area contributed by atoms with Crippen LogP contribution in [0, 0.1) is 25.7 Å². The van der Waals surface area contributed by atoms with Crippen LogP contribution in [0.5, 0.6) is 0 Å². The predicted molar refractivity (Wildman–Crippen MR) is 101 cm³/mol. The number of hydrogen-bond donors (Lipinski definition) is 2. The van der Waals surface area contributed by atoms with E-state index in [2.05, 4.69) is 10.6 Å². The monoisotopic (exact) mass is 376 g/mol. The van der Waals surface area contributed by atoms with E-state index in [1.165, 1.54) is 5.56 Å². The molecule has 2 aromatic rings. The van der Waals surface area contributed by atoms with E-state index in [0.717, 1.165) is 11.3 Å². The van der Waals surface area contributed by atoms with Crippen molar-refractivity contribution in [3.8, 4) is 0 Å². The molecular formula is C19H18Cl2N2O2. The van der Waals surface area contributed by atoms with Gasteiger partial charge in [-0.25, -0.2) is 0 Å². The quantitative estimate of drug-likeness (QED) is 0.802. The zero-order valence-electron chi connectivity index (χ0n) is 13.9. The minimum absolute atomic E-state index is 0.138. The molecule has 0 radical (unpaired) electrons. The third-order valence-electron chi connectivity index (χ3n) is 4.45. The highest BCUT2D eigenvalue weighted by Crippen LogP contribution is 2.41. The normalized spacial score (nSPS) is 18.6. The van der Waals surface area contributed by atoms with Crippen LogP contribution in [-0.2, 0) is 9.59 Å². The Morgan fingerprint density at radius 3 is 2.32 bits per heavy atom. The summed E-state index contributed by atoms with van der Waals surface area (Å²) < 4.78 is 0. The highest BCUT2D eigenvalue weighted by Gasteiger charge is 2.48. The summed E-state index contributed by atoms with van der Waals surface area (Å²) in [6.45, 7) is 4.01. The first kappa shape index (κ1) is 17.8. The van der Waals surface area contributed by atoms with Gasteiger partial charge in [-0.2, -0.15) is 0 Å². The first-order valence-electron chi connectivity index (χ1n) is 8.00. The van der Waals surface area contributed by atoms with Gasteiger partial charge in [-0.15, -0.1) is 0 Å². The van der Waals surface area contributed by atoms with E-state index < -0.39 is 0 Å². The summed E-state index contributed by atoms with van der Waals surface area (Å²) in [5.74, 6) is -1.02. The number of carbonyl (C=O) groups excluding carboxylic acids is 2. The van der Waals surface area contributed by atoms with Gasteiger partial charge in [0.15, 0.2) is 0 Å². The molecule has 1 aliphatic rings. The lowest BCUT2D eigenvalue weighted by Gasteiger charge is -2.09. The molecule has 0 bridgehead atoms. The fourth-order valence-electron chi connectivity index (χ4n) is 2.65. The van der Waals surface area contributed by atoms with Gasteiger partial charge >= 0.3 is 0 Å². The standard InChI is InChI=1S/C19H18Cl2N2O2/c1-10-6-7-12(8-11(10)2)22-18(24)13-9-14(13)19(25)23-16-5-3-4-15(20)17(16)21/h3-8,13-14H,9H2,1-2H3,(H,22,24)(H,23,25). The van der Waals surface area contributed by atoms with Gasteiger partial charge in [0.05, 0.1) is 27.6 Å². The van der Waals surface area contributed by atoms with Crippen LogP contribution in [0.2, 0.25) is 10.0 Å². The number of anilines is 2. The van der Waals surface area contributed by atoms with Crippen LogP contribution in [0.15, 0.2) is 36.4 Å². The molecule has 0 aromatic heterocycles. The van der Waals surface area contributed by atoms with E-state index in [9.17, 15) is 9.59 Å². The molecule has 0 heterocycles. The second kappa shape index (κ2) is 7.06. The number of carbonyl (C=O) groups is 2. The van der Waals surface area contributed by atoms with Crippen LogP contribution in [-0.4, -0.2) is 11.8 Å². The number of hydrogen-bond acceptors (Lipinski definition) is 2. The average Bonchev–Trinajstić information content (AvgIpc) is 3.36. The van der Waals surface area contributed by atoms with Crippen LogP contribution in [0.1, 0.15) is 17.5 Å². The predicted octanol–water partition coefficient (Wildman–Crippen LogP) is 4.82. The number of benzene rings is 2. The van der Waals surface area contributed by atoms with Crippen LogP contribution in [0.3, 0.4) is 0 Å². The Labute approximate surface area is 156 Å². The van der Waals surface area contributed by atoms with Crippen molar-refractivity contribution in [2.45, 2.75) is 20.3 Å². The van der Waals surface area contributed by atoms with E-state index in [1.54, 1.807) is 18.2 Å². The summed E-state index contributed by atoms with van der Waals surface area (Å²) >= 11 is 12.0. The van der Waals surface area contributed by atoms with Crippen molar-refractivity contribution in [2.24, 2.45) is 11.8 Å². The lowest BCUT2D eigenvalue weighted by molar-refractivity contribution is -0.122. The molecule has 130 valence electrons. The van der Waals surface area contributed by atoms with Gasteiger partial charge in [0.25, 0.3) is 0 Å². The summed E-state index contributed by atoms with van der Waals surface area (Å²) in [4.78, 5) is 24.6. The second-order valence-corrected chi connectivity index (χ2v) is 7.11. The molecule has 2 amide bonds. The molecule has 0 saturated heterocycles. The molecule has 1 aliphatic carbocycles. The Morgan fingerprint density at radius 1 is 0.960 bits per heavy atom. The molecule has 3 rings (SSSR count). The van der Waals surface area contributed by atoms with Gasteiger partial charge in [-0.1, -0.05) is 35.3 Å². The largest absolute Gasteiger partial charge is 0.326 e. The van der Waals surface area contributed by atoms with Gasteiger partial charge in [-0.05, 0) is 55.7 Å². The Kier molecular flexibility index (Phi) is 5.02. The van der Waals surface area contributed by atoms with Gasteiger partial charge < -0.3 is 10.6 Å². The molecule has 2 atom stereocenters. The highest BCUT2D eigenvalue weighted by atomic mass is 35.5. The third kappa shape index (κ3) is 3.97. The smallest absolute Gasteiger partial charge is 0.228 e. The lowest BCUT2D eigenvalue weighted by atomic mass is 10.1. The van der Waals surface area contributed by atoms with Crippen molar-refractivity contribution in [3.05, 3.63) is 57.6 Å². The number of aryl methyl sites for hydroxylation is 2. The van der Waals surface area contributed by atoms with Crippen LogP contribution < -0.4 is 10.6 Å². The molecule has 4 nitrogen and oxygen atoms in total. The number of halogens is 2. The third-order valence-corrected chi connectivity index (χ3v) is 5.27. The maximum Gasteiger partial charge on any atom is 0.228 e. The first-order chi connectivity index (χ1) is 11.9. The number of nitrogens with one attached hydrogen (secondary N) is 2. The van der Waals surface area contributed by atoms with Crippen LogP contribution in [0.25, 0.3) is 0 Å². The number of amides is 2. The van der Waals surface area contributed by atoms with Crippen molar-refractivity contribution in [3.63, 3.8) is 0 Å². The van der Waals surface area contributed by atoms with Gasteiger partial charge in [0.2, 0.25) is 11.8 Å². The maximum atomic E-state index is 12.3. The molecule has 2 aromatic carbocycles.